The van der Waals surface area contributed by atoms with Crippen LogP contribution >= 0.6 is 0 Å². The minimum atomic E-state index is 0.691. The zero-order chi connectivity index (χ0) is 15.9. The van der Waals surface area contributed by atoms with Gasteiger partial charge < -0.3 is 4.74 Å². The Hall–Kier alpha value is -2.12. The highest BCUT2D eigenvalue weighted by atomic mass is 16.5. The lowest BCUT2D eigenvalue weighted by Gasteiger charge is -2.08. The van der Waals surface area contributed by atoms with E-state index >= 15 is 0 Å². The van der Waals surface area contributed by atoms with Crippen LogP contribution in [-0.2, 0) is 11.3 Å². The second-order valence-electron chi connectivity index (χ2n) is 6.17. The zero-order valence-corrected chi connectivity index (χ0v) is 13.8. The van der Waals surface area contributed by atoms with Crippen molar-refractivity contribution in [2.24, 2.45) is 0 Å². The second kappa shape index (κ2) is 7.94. The van der Waals surface area contributed by atoms with Crippen LogP contribution in [0.5, 0.6) is 0 Å². The lowest BCUT2D eigenvalue weighted by atomic mass is 9.97. The van der Waals surface area contributed by atoms with E-state index in [2.05, 4.69) is 67.6 Å². The molecule has 0 unspecified atom stereocenters. The Labute approximate surface area is 139 Å². The van der Waals surface area contributed by atoms with E-state index in [1.807, 2.05) is 6.07 Å². The second-order valence-corrected chi connectivity index (χ2v) is 6.17. The molecule has 1 aliphatic rings. The van der Waals surface area contributed by atoms with Crippen molar-refractivity contribution in [1.29, 1.82) is 0 Å². The van der Waals surface area contributed by atoms with E-state index in [1.165, 1.54) is 27.8 Å². The first-order valence-corrected chi connectivity index (χ1v) is 8.36. The molecule has 0 bridgehead atoms. The quantitative estimate of drug-likeness (QED) is 0.635. The van der Waals surface area contributed by atoms with E-state index in [-0.39, 0.29) is 0 Å². The molecule has 0 spiro atoms. The van der Waals surface area contributed by atoms with Crippen LogP contribution in [0.25, 0.3) is 5.57 Å². The SMILES string of the molecule is CC1=C(c2ccccc2)CC=C(COCc2ccccc2)CC1. The van der Waals surface area contributed by atoms with E-state index in [0.29, 0.717) is 6.61 Å². The molecule has 2 aromatic carbocycles. The summed E-state index contributed by atoms with van der Waals surface area (Å²) in [4.78, 5) is 0. The van der Waals surface area contributed by atoms with Crippen LogP contribution < -0.4 is 0 Å². The minimum absolute atomic E-state index is 0.691. The lowest BCUT2D eigenvalue weighted by molar-refractivity contribution is 0.140. The van der Waals surface area contributed by atoms with Gasteiger partial charge in [0.15, 0.2) is 0 Å². The van der Waals surface area contributed by atoms with Crippen LogP contribution in [0.4, 0.5) is 0 Å². The van der Waals surface area contributed by atoms with Gasteiger partial charge in [-0.15, -0.1) is 0 Å². The Morgan fingerprint density at radius 2 is 1.52 bits per heavy atom. The van der Waals surface area contributed by atoms with Crippen LogP contribution in [0.2, 0.25) is 0 Å². The molecule has 3 rings (SSSR count). The van der Waals surface area contributed by atoms with Crippen molar-refractivity contribution in [1.82, 2.24) is 0 Å². The van der Waals surface area contributed by atoms with Gasteiger partial charge in [-0.25, -0.2) is 0 Å². The Bertz CT molecular complexity index is 680. The molecule has 0 saturated carbocycles. The molecule has 0 saturated heterocycles. The number of allylic oxidation sites excluding steroid dienone is 3. The smallest absolute Gasteiger partial charge is 0.0721 e. The zero-order valence-electron chi connectivity index (χ0n) is 13.8. The van der Waals surface area contributed by atoms with Crippen LogP contribution in [0.15, 0.2) is 77.9 Å². The van der Waals surface area contributed by atoms with Crippen molar-refractivity contribution < 1.29 is 4.74 Å². The summed E-state index contributed by atoms with van der Waals surface area (Å²) in [6.45, 7) is 3.70. The topological polar surface area (TPSA) is 9.23 Å². The Kier molecular flexibility index (Phi) is 5.44. The molecular formula is C22H24O. The summed E-state index contributed by atoms with van der Waals surface area (Å²) in [7, 11) is 0. The first-order chi connectivity index (χ1) is 11.3. The summed E-state index contributed by atoms with van der Waals surface area (Å²) >= 11 is 0. The van der Waals surface area contributed by atoms with Crippen molar-refractivity contribution in [2.45, 2.75) is 32.8 Å². The van der Waals surface area contributed by atoms with Crippen molar-refractivity contribution in [2.75, 3.05) is 6.61 Å². The maximum absolute atomic E-state index is 5.90. The third-order valence-corrected chi connectivity index (χ3v) is 4.45. The summed E-state index contributed by atoms with van der Waals surface area (Å²) in [6, 6.07) is 21.1. The van der Waals surface area contributed by atoms with E-state index in [4.69, 9.17) is 4.74 Å². The summed E-state index contributed by atoms with van der Waals surface area (Å²) in [5, 5.41) is 0. The molecule has 0 fully saturated rings. The van der Waals surface area contributed by atoms with E-state index in [1.54, 1.807) is 0 Å². The average molecular weight is 304 g/mol. The Morgan fingerprint density at radius 3 is 2.26 bits per heavy atom. The molecular weight excluding hydrogens is 280 g/mol. The molecule has 0 radical (unpaired) electrons. The fourth-order valence-corrected chi connectivity index (χ4v) is 3.03. The molecule has 0 aromatic heterocycles. The maximum atomic E-state index is 5.90. The lowest BCUT2D eigenvalue weighted by Crippen LogP contribution is -1.99. The van der Waals surface area contributed by atoms with Crippen LogP contribution in [0.3, 0.4) is 0 Å². The predicted molar refractivity (Wildman–Crippen MR) is 97.1 cm³/mol. The normalized spacial score (nSPS) is 15.3. The first-order valence-electron chi connectivity index (χ1n) is 8.36. The summed E-state index contributed by atoms with van der Waals surface area (Å²) in [5.74, 6) is 0. The molecule has 1 nitrogen and oxygen atoms in total. The highest BCUT2D eigenvalue weighted by Gasteiger charge is 2.11. The standard InChI is InChI=1S/C22H24O/c1-18-12-13-20(17-23-16-19-8-4-2-5-9-19)14-15-22(18)21-10-6-3-7-11-21/h2-11,14H,12-13,15-17H2,1H3. The van der Waals surface area contributed by atoms with E-state index in [9.17, 15) is 0 Å². The van der Waals surface area contributed by atoms with Gasteiger partial charge in [0.25, 0.3) is 0 Å². The van der Waals surface area contributed by atoms with Crippen molar-refractivity contribution in [3.63, 3.8) is 0 Å². The third-order valence-electron chi connectivity index (χ3n) is 4.45. The van der Waals surface area contributed by atoms with Crippen molar-refractivity contribution >= 4 is 5.57 Å². The van der Waals surface area contributed by atoms with Crippen LogP contribution in [-0.4, -0.2) is 6.61 Å². The van der Waals surface area contributed by atoms with Gasteiger partial charge in [0.05, 0.1) is 13.2 Å². The summed E-state index contributed by atoms with van der Waals surface area (Å²) in [5.41, 5.74) is 6.99. The molecule has 118 valence electrons. The molecule has 2 aromatic rings. The first kappa shape index (κ1) is 15.8. The molecule has 0 amide bonds. The van der Waals surface area contributed by atoms with Gasteiger partial charge >= 0.3 is 0 Å². The summed E-state index contributed by atoms with van der Waals surface area (Å²) in [6.07, 6.45) is 5.62. The average Bonchev–Trinajstić information content (AvgIpc) is 2.79. The third kappa shape index (κ3) is 4.43. The Balaban J connectivity index is 1.58. The van der Waals surface area contributed by atoms with Crippen molar-refractivity contribution in [3.8, 4) is 0 Å². The number of ether oxygens (including phenoxy) is 1. The van der Waals surface area contributed by atoms with Gasteiger partial charge in [-0.1, -0.05) is 72.3 Å². The van der Waals surface area contributed by atoms with Gasteiger partial charge in [0.2, 0.25) is 0 Å². The monoisotopic (exact) mass is 304 g/mol. The number of hydrogen-bond acceptors (Lipinski definition) is 1. The Morgan fingerprint density at radius 1 is 0.826 bits per heavy atom. The van der Waals surface area contributed by atoms with Gasteiger partial charge in [-0.3, -0.25) is 0 Å². The van der Waals surface area contributed by atoms with Gasteiger partial charge in [-0.05, 0) is 48.5 Å². The van der Waals surface area contributed by atoms with Crippen LogP contribution in [0.1, 0.15) is 37.3 Å². The highest BCUT2D eigenvalue weighted by Crippen LogP contribution is 2.30. The van der Waals surface area contributed by atoms with Crippen molar-refractivity contribution in [3.05, 3.63) is 89.0 Å². The summed E-state index contributed by atoms with van der Waals surface area (Å²) < 4.78 is 5.90. The molecule has 0 N–H and O–H groups in total. The number of benzene rings is 2. The fraction of sp³-hybridized carbons (Fsp3) is 0.273. The number of rotatable bonds is 5. The van der Waals surface area contributed by atoms with E-state index in [0.717, 1.165) is 25.9 Å². The van der Waals surface area contributed by atoms with Gasteiger partial charge in [-0.2, -0.15) is 0 Å². The van der Waals surface area contributed by atoms with Gasteiger partial charge in [0.1, 0.15) is 0 Å². The number of hydrogen-bond donors (Lipinski definition) is 0. The van der Waals surface area contributed by atoms with Crippen LogP contribution in [0, 0.1) is 0 Å². The molecule has 0 atom stereocenters. The molecule has 23 heavy (non-hydrogen) atoms. The largest absolute Gasteiger partial charge is 0.372 e. The fourth-order valence-electron chi connectivity index (χ4n) is 3.03. The highest BCUT2D eigenvalue weighted by molar-refractivity contribution is 5.70. The molecule has 1 heteroatoms. The molecule has 1 aliphatic carbocycles. The predicted octanol–water partition coefficient (Wildman–Crippen LogP) is 5.79. The van der Waals surface area contributed by atoms with E-state index < -0.39 is 0 Å². The minimum Gasteiger partial charge on any atom is -0.372 e. The maximum Gasteiger partial charge on any atom is 0.0721 e. The van der Waals surface area contributed by atoms with Gasteiger partial charge in [0, 0.05) is 0 Å². The molecule has 0 aliphatic heterocycles. The molecule has 0 heterocycles.